The minimum Gasteiger partial charge on any atom is -0.466 e. The minimum absolute atomic E-state index is 0.0941. The molecule has 6 heteroatoms. The number of carbonyl (C=O) groups excluding carboxylic acids is 3. The average molecular weight is 570 g/mol. The van der Waals surface area contributed by atoms with E-state index in [0.29, 0.717) is 23.6 Å². The van der Waals surface area contributed by atoms with Crippen LogP contribution in [0.25, 0.3) is 0 Å². The van der Waals surface area contributed by atoms with Gasteiger partial charge in [0.05, 0.1) is 18.2 Å². The van der Waals surface area contributed by atoms with Crippen LogP contribution in [0.4, 0.5) is 10.5 Å². The van der Waals surface area contributed by atoms with Gasteiger partial charge in [-0.1, -0.05) is 95.6 Å². The number of hydrogen-bond donors (Lipinski definition) is 0. The van der Waals surface area contributed by atoms with Gasteiger partial charge in [0, 0.05) is 16.9 Å². The fourth-order valence-corrected chi connectivity index (χ4v) is 8.02. The molecule has 1 heterocycles. The Kier molecular flexibility index (Phi) is 7.71. The molecule has 0 N–H and O–H groups in total. The van der Waals surface area contributed by atoms with Gasteiger partial charge < -0.3 is 9.47 Å². The largest absolute Gasteiger partial charge is 0.466 e. The highest BCUT2D eigenvalue weighted by Crippen LogP contribution is 2.63. The number of hydrogen-bond acceptors (Lipinski definition) is 5. The monoisotopic (exact) mass is 569 g/mol. The number of para-hydroxylation sites is 1. The number of amides is 2. The lowest BCUT2D eigenvalue weighted by molar-refractivity contribution is -0.136. The SMILES string of the molecule is C=CCC1=C(C(=O)OC)C[C@@]2(C(=O)N(C(=O)O[C@@H]3C[C@H](C)CC[C@H]3C(C)(C)c3ccccc3)c3ccccc32)C1(C)C. The van der Waals surface area contributed by atoms with Gasteiger partial charge in [-0.05, 0) is 59.8 Å². The van der Waals surface area contributed by atoms with E-state index in [4.69, 9.17) is 9.47 Å². The lowest BCUT2D eigenvalue weighted by Crippen LogP contribution is -2.51. The summed E-state index contributed by atoms with van der Waals surface area (Å²) in [6.07, 6.45) is 4.08. The van der Waals surface area contributed by atoms with E-state index in [1.165, 1.54) is 17.6 Å². The number of imide groups is 1. The number of esters is 1. The van der Waals surface area contributed by atoms with Crippen molar-refractivity contribution in [3.05, 3.63) is 89.5 Å². The Labute approximate surface area is 249 Å². The third-order valence-corrected chi connectivity index (χ3v) is 10.5. The van der Waals surface area contributed by atoms with Crippen LogP contribution in [-0.2, 0) is 29.9 Å². The first kappa shape index (κ1) is 29.8. The number of methoxy groups -OCH3 is 1. The highest BCUT2D eigenvalue weighted by Gasteiger charge is 2.66. The van der Waals surface area contributed by atoms with Gasteiger partial charge >= 0.3 is 12.1 Å². The van der Waals surface area contributed by atoms with E-state index in [1.807, 2.05) is 50.2 Å². The van der Waals surface area contributed by atoms with Gasteiger partial charge in [0.1, 0.15) is 6.10 Å². The smallest absolute Gasteiger partial charge is 0.421 e. The summed E-state index contributed by atoms with van der Waals surface area (Å²) in [5.41, 5.74) is 1.60. The van der Waals surface area contributed by atoms with Gasteiger partial charge in [-0.2, -0.15) is 0 Å². The Morgan fingerprint density at radius 2 is 1.74 bits per heavy atom. The van der Waals surface area contributed by atoms with Gasteiger partial charge in [-0.3, -0.25) is 4.79 Å². The van der Waals surface area contributed by atoms with Crippen LogP contribution in [0.1, 0.15) is 77.8 Å². The van der Waals surface area contributed by atoms with Crippen LogP contribution >= 0.6 is 0 Å². The molecule has 42 heavy (non-hydrogen) atoms. The summed E-state index contributed by atoms with van der Waals surface area (Å²) in [6, 6.07) is 17.8. The van der Waals surface area contributed by atoms with Crippen molar-refractivity contribution in [3.63, 3.8) is 0 Å². The molecule has 2 amide bonds. The molecule has 1 aliphatic heterocycles. The lowest BCUT2D eigenvalue weighted by Gasteiger charge is -2.44. The third kappa shape index (κ3) is 4.42. The van der Waals surface area contributed by atoms with E-state index in [9.17, 15) is 14.4 Å². The van der Waals surface area contributed by atoms with Gasteiger partial charge in [0.15, 0.2) is 0 Å². The first-order valence-electron chi connectivity index (χ1n) is 15.0. The van der Waals surface area contributed by atoms with Gasteiger partial charge in [0.25, 0.3) is 0 Å². The van der Waals surface area contributed by atoms with Crippen molar-refractivity contribution in [2.45, 2.75) is 83.7 Å². The average Bonchev–Trinajstić information content (AvgIpc) is 3.36. The third-order valence-electron chi connectivity index (χ3n) is 10.5. The molecule has 5 rings (SSSR count). The van der Waals surface area contributed by atoms with Gasteiger partial charge in [-0.15, -0.1) is 6.58 Å². The molecule has 3 aliphatic rings. The summed E-state index contributed by atoms with van der Waals surface area (Å²) >= 11 is 0. The highest BCUT2D eigenvalue weighted by molar-refractivity contribution is 6.22. The summed E-state index contributed by atoms with van der Waals surface area (Å²) in [4.78, 5) is 43.1. The quantitative estimate of drug-likeness (QED) is 0.264. The zero-order valence-corrected chi connectivity index (χ0v) is 25.7. The summed E-state index contributed by atoms with van der Waals surface area (Å²) in [5, 5.41) is 0. The zero-order chi connectivity index (χ0) is 30.4. The Morgan fingerprint density at radius 1 is 1.07 bits per heavy atom. The lowest BCUT2D eigenvalue weighted by atomic mass is 9.61. The number of anilines is 1. The first-order valence-corrected chi connectivity index (χ1v) is 15.0. The van der Waals surface area contributed by atoms with E-state index in [2.05, 4.69) is 39.5 Å². The predicted octanol–water partition coefficient (Wildman–Crippen LogP) is 7.67. The standard InChI is InChI=1S/C36H43NO5/c1-8-14-26-25(31(38)41-7)22-36(35(26,5)6)27-17-12-13-18-29(27)37(32(36)39)33(40)42-30-21-23(2)19-20-28(30)34(3,4)24-15-10-9-11-16-24/h8-13,15-18,23,28,30H,1,14,19-22H2,2-7H3/t23-,28-,30-,36-/m1/s1. The van der Waals surface area contributed by atoms with Gasteiger partial charge in [-0.25, -0.2) is 14.5 Å². The molecule has 2 aromatic rings. The van der Waals surface area contributed by atoms with Crippen molar-refractivity contribution in [3.8, 4) is 0 Å². The van der Waals surface area contributed by atoms with Crippen LogP contribution in [-0.4, -0.2) is 31.2 Å². The topological polar surface area (TPSA) is 72.9 Å². The highest BCUT2D eigenvalue weighted by atomic mass is 16.6. The molecule has 222 valence electrons. The summed E-state index contributed by atoms with van der Waals surface area (Å²) < 4.78 is 11.5. The van der Waals surface area contributed by atoms with Crippen LogP contribution in [0.3, 0.4) is 0 Å². The number of allylic oxidation sites excluding steroid dienone is 2. The number of carbonyl (C=O) groups is 3. The second-order valence-corrected chi connectivity index (χ2v) is 13.3. The molecule has 0 radical (unpaired) electrons. The van der Waals surface area contributed by atoms with E-state index in [1.54, 1.807) is 12.1 Å². The molecule has 2 aromatic carbocycles. The maximum Gasteiger partial charge on any atom is 0.421 e. The van der Waals surface area contributed by atoms with Crippen LogP contribution < -0.4 is 4.90 Å². The molecule has 0 saturated heterocycles. The molecule has 1 spiro atoms. The van der Waals surface area contributed by atoms with Crippen molar-refractivity contribution < 1.29 is 23.9 Å². The number of ether oxygens (including phenoxy) is 2. The van der Waals surface area contributed by atoms with Crippen LogP contribution in [0.2, 0.25) is 0 Å². The van der Waals surface area contributed by atoms with Crippen molar-refractivity contribution in [1.82, 2.24) is 0 Å². The van der Waals surface area contributed by atoms with E-state index >= 15 is 0 Å². The molecule has 1 fully saturated rings. The maximum absolute atomic E-state index is 14.7. The summed E-state index contributed by atoms with van der Waals surface area (Å²) in [6.45, 7) is 14.5. The Morgan fingerprint density at radius 3 is 2.40 bits per heavy atom. The molecule has 0 bridgehead atoms. The molecule has 6 nitrogen and oxygen atoms in total. The second-order valence-electron chi connectivity index (χ2n) is 13.3. The number of nitrogens with zero attached hydrogens (tertiary/aromatic N) is 1. The van der Waals surface area contributed by atoms with Crippen LogP contribution in [0.5, 0.6) is 0 Å². The maximum atomic E-state index is 14.7. The van der Waals surface area contributed by atoms with Crippen molar-refractivity contribution in [1.29, 1.82) is 0 Å². The molecule has 0 aromatic heterocycles. The summed E-state index contributed by atoms with van der Waals surface area (Å²) in [7, 11) is 1.35. The number of rotatable bonds is 6. The molecule has 0 unspecified atom stereocenters. The van der Waals surface area contributed by atoms with Crippen molar-refractivity contribution >= 4 is 23.7 Å². The van der Waals surface area contributed by atoms with Crippen LogP contribution in [0.15, 0.2) is 78.4 Å². The zero-order valence-electron chi connectivity index (χ0n) is 25.7. The number of benzene rings is 2. The number of fused-ring (bicyclic) bond motifs is 2. The molecule has 2 aliphatic carbocycles. The van der Waals surface area contributed by atoms with Crippen LogP contribution in [0, 0.1) is 17.3 Å². The molecular formula is C36H43NO5. The fourth-order valence-electron chi connectivity index (χ4n) is 8.02. The van der Waals surface area contributed by atoms with E-state index < -0.39 is 22.9 Å². The first-order chi connectivity index (χ1) is 19.9. The molecular weight excluding hydrogens is 526 g/mol. The molecule has 1 saturated carbocycles. The van der Waals surface area contributed by atoms with Gasteiger partial charge in [0.2, 0.25) is 5.91 Å². The fraction of sp³-hybridized carbons (Fsp3) is 0.472. The van der Waals surface area contributed by atoms with E-state index in [0.717, 1.165) is 30.4 Å². The normalized spacial score (nSPS) is 26.8. The minimum atomic E-state index is -1.15. The van der Waals surface area contributed by atoms with E-state index in [-0.39, 0.29) is 29.8 Å². The summed E-state index contributed by atoms with van der Waals surface area (Å²) in [5.74, 6) is -0.315. The van der Waals surface area contributed by atoms with Crippen molar-refractivity contribution in [2.75, 3.05) is 12.0 Å². The molecule has 4 atom stereocenters. The second kappa shape index (κ2) is 10.9. The van der Waals surface area contributed by atoms with Crippen molar-refractivity contribution in [2.24, 2.45) is 17.3 Å². The predicted molar refractivity (Wildman–Crippen MR) is 164 cm³/mol. The Hall–Kier alpha value is -3.67. The Bertz CT molecular complexity index is 1440. The Balaban J connectivity index is 1.52.